The molecule has 1 amide bonds. The predicted octanol–water partition coefficient (Wildman–Crippen LogP) is 16.0. The SMILES string of the molecule is CCCCCCCCCCCCCC/C=C\CCCCCCCCCCCC(=O)NC(COC1OC(CO)C(O)C(OS(=O)(=O)O)C1O)C(O)/C=C/CCCCCCCCCCCCCCCCCCCCCCCC. The van der Waals surface area contributed by atoms with Gasteiger partial charge in [-0.2, -0.15) is 8.42 Å². The molecule has 1 aliphatic rings. The van der Waals surface area contributed by atoms with Crippen LogP contribution < -0.4 is 5.32 Å². The number of allylic oxidation sites excluding steroid dienone is 3. The fourth-order valence-electron chi connectivity index (χ4n) is 10.5. The molecule has 0 aromatic heterocycles. The molecule has 0 radical (unpaired) electrons. The molecule has 0 aromatic carbocycles. The zero-order valence-electron chi connectivity index (χ0n) is 49.1. The molecule has 76 heavy (non-hydrogen) atoms. The summed E-state index contributed by atoms with van der Waals surface area (Å²) in [6.07, 6.45) is 58.0. The summed E-state index contributed by atoms with van der Waals surface area (Å²) >= 11 is 0. The van der Waals surface area contributed by atoms with E-state index in [9.17, 15) is 38.2 Å². The van der Waals surface area contributed by atoms with Crippen molar-refractivity contribution in [1.82, 2.24) is 5.32 Å². The van der Waals surface area contributed by atoms with E-state index >= 15 is 0 Å². The minimum absolute atomic E-state index is 0.259. The van der Waals surface area contributed by atoms with E-state index in [1.165, 1.54) is 250 Å². The van der Waals surface area contributed by atoms with Gasteiger partial charge < -0.3 is 35.2 Å². The number of nitrogens with one attached hydrogen (secondary N) is 1. The van der Waals surface area contributed by atoms with E-state index in [-0.39, 0.29) is 18.9 Å². The topological polar surface area (TPSA) is 192 Å². The van der Waals surface area contributed by atoms with Crippen LogP contribution in [0, 0.1) is 0 Å². The summed E-state index contributed by atoms with van der Waals surface area (Å²) in [5.74, 6) is -0.259. The van der Waals surface area contributed by atoms with Gasteiger partial charge >= 0.3 is 10.4 Å². The maximum atomic E-state index is 13.2. The summed E-state index contributed by atoms with van der Waals surface area (Å²) in [7, 11) is -5.09. The smallest absolute Gasteiger partial charge is 0.394 e. The molecule has 0 spiro atoms. The van der Waals surface area contributed by atoms with Crippen molar-refractivity contribution >= 4 is 16.3 Å². The number of aliphatic hydroxyl groups is 4. The number of carbonyl (C=O) groups is 1. The van der Waals surface area contributed by atoms with E-state index in [1.54, 1.807) is 6.08 Å². The first-order valence-electron chi connectivity index (χ1n) is 32.2. The largest absolute Gasteiger partial charge is 0.397 e. The van der Waals surface area contributed by atoms with Crippen LogP contribution >= 0.6 is 0 Å². The molecular weight excluding hydrogens is 979 g/mol. The van der Waals surface area contributed by atoms with Gasteiger partial charge in [0.05, 0.1) is 25.4 Å². The number of unbranched alkanes of at least 4 members (excludes halogenated alkanes) is 43. The summed E-state index contributed by atoms with van der Waals surface area (Å²) in [6, 6.07) is -0.945. The second-order valence-corrected chi connectivity index (χ2v) is 23.8. The predicted molar refractivity (Wildman–Crippen MR) is 315 cm³/mol. The maximum absolute atomic E-state index is 13.2. The van der Waals surface area contributed by atoms with Gasteiger partial charge in [-0.25, -0.2) is 4.18 Å². The minimum Gasteiger partial charge on any atom is -0.394 e. The lowest BCUT2D eigenvalue weighted by molar-refractivity contribution is -0.298. The molecule has 1 fully saturated rings. The molecule has 1 heterocycles. The van der Waals surface area contributed by atoms with Crippen molar-refractivity contribution in [2.75, 3.05) is 13.2 Å². The first kappa shape index (κ1) is 72.6. The van der Waals surface area contributed by atoms with Crippen molar-refractivity contribution < 1.29 is 51.8 Å². The van der Waals surface area contributed by atoms with E-state index in [2.05, 4.69) is 35.5 Å². The molecule has 7 unspecified atom stereocenters. The molecule has 0 aromatic rings. The highest BCUT2D eigenvalue weighted by Gasteiger charge is 2.48. The molecule has 450 valence electrons. The molecule has 1 saturated heterocycles. The highest BCUT2D eigenvalue weighted by atomic mass is 32.3. The van der Waals surface area contributed by atoms with Gasteiger partial charge in [-0.1, -0.05) is 289 Å². The van der Waals surface area contributed by atoms with Gasteiger partial charge in [0, 0.05) is 6.42 Å². The average Bonchev–Trinajstić information content (AvgIpc) is 3.40. The van der Waals surface area contributed by atoms with E-state index in [0.717, 1.165) is 38.5 Å². The lowest BCUT2D eigenvalue weighted by Gasteiger charge is -2.41. The van der Waals surface area contributed by atoms with Crippen LogP contribution in [0.2, 0.25) is 0 Å². The molecule has 6 N–H and O–H groups in total. The van der Waals surface area contributed by atoms with Crippen LogP contribution in [-0.2, 0) is 28.9 Å². The molecule has 0 aliphatic carbocycles. The lowest BCUT2D eigenvalue weighted by atomic mass is 9.99. The normalized spacial score (nSPS) is 19.1. The van der Waals surface area contributed by atoms with Crippen LogP contribution in [0.4, 0.5) is 0 Å². The van der Waals surface area contributed by atoms with Crippen molar-refractivity contribution in [1.29, 1.82) is 0 Å². The number of hydrogen-bond donors (Lipinski definition) is 6. The van der Waals surface area contributed by atoms with Crippen molar-refractivity contribution in [3.8, 4) is 0 Å². The Morgan fingerprint density at radius 3 is 1.18 bits per heavy atom. The van der Waals surface area contributed by atoms with Crippen LogP contribution in [0.25, 0.3) is 0 Å². The van der Waals surface area contributed by atoms with Gasteiger partial charge in [-0.15, -0.1) is 0 Å². The molecular formula is C63H121NO11S. The van der Waals surface area contributed by atoms with Gasteiger partial charge in [-0.3, -0.25) is 9.35 Å². The maximum Gasteiger partial charge on any atom is 0.397 e. The lowest BCUT2D eigenvalue weighted by Crippen LogP contribution is -2.61. The molecule has 7 atom stereocenters. The number of rotatable bonds is 57. The second-order valence-electron chi connectivity index (χ2n) is 22.7. The van der Waals surface area contributed by atoms with Crippen LogP contribution in [0.15, 0.2) is 24.3 Å². The monoisotopic (exact) mass is 1100 g/mol. The quantitative estimate of drug-likeness (QED) is 0.0193. The second kappa shape index (κ2) is 52.9. The van der Waals surface area contributed by atoms with E-state index in [0.29, 0.717) is 6.42 Å². The third-order valence-corrected chi connectivity index (χ3v) is 15.9. The van der Waals surface area contributed by atoms with Gasteiger partial charge in [0.25, 0.3) is 0 Å². The first-order valence-corrected chi connectivity index (χ1v) is 33.6. The Kier molecular flexibility index (Phi) is 50.6. The summed E-state index contributed by atoms with van der Waals surface area (Å²) in [5, 5.41) is 45.1. The Labute approximate surface area is 467 Å². The van der Waals surface area contributed by atoms with Gasteiger partial charge in [0.1, 0.15) is 24.4 Å². The van der Waals surface area contributed by atoms with E-state index in [4.69, 9.17) is 9.47 Å². The van der Waals surface area contributed by atoms with Crippen molar-refractivity contribution in [3.05, 3.63) is 24.3 Å². The Morgan fingerprint density at radius 1 is 0.513 bits per heavy atom. The van der Waals surface area contributed by atoms with Crippen molar-refractivity contribution in [3.63, 3.8) is 0 Å². The van der Waals surface area contributed by atoms with Crippen molar-refractivity contribution in [2.45, 2.75) is 358 Å². The molecule has 1 aliphatic heterocycles. The van der Waals surface area contributed by atoms with Gasteiger partial charge in [-0.05, 0) is 44.9 Å². The van der Waals surface area contributed by atoms with Crippen LogP contribution in [0.3, 0.4) is 0 Å². The summed E-state index contributed by atoms with van der Waals surface area (Å²) < 4.78 is 48.0. The number of carbonyl (C=O) groups excluding carboxylic acids is 1. The third-order valence-electron chi connectivity index (χ3n) is 15.5. The first-order chi connectivity index (χ1) is 37.0. The minimum atomic E-state index is -5.09. The molecule has 0 bridgehead atoms. The highest BCUT2D eigenvalue weighted by Crippen LogP contribution is 2.26. The number of hydrogen-bond acceptors (Lipinski definition) is 10. The van der Waals surface area contributed by atoms with Gasteiger partial charge in [0.15, 0.2) is 6.29 Å². The van der Waals surface area contributed by atoms with E-state index < -0.39 is 59.9 Å². The van der Waals surface area contributed by atoms with Crippen LogP contribution in [-0.4, -0.2) is 95.4 Å². The Morgan fingerprint density at radius 2 is 0.842 bits per heavy atom. The Bertz CT molecular complexity index is 1430. The molecule has 1 rings (SSSR count). The third kappa shape index (κ3) is 44.3. The Hall–Kier alpha value is -1.42. The molecule has 0 saturated carbocycles. The number of ether oxygens (including phenoxy) is 2. The van der Waals surface area contributed by atoms with Crippen LogP contribution in [0.5, 0.6) is 0 Å². The van der Waals surface area contributed by atoms with Gasteiger partial charge in [0.2, 0.25) is 5.91 Å². The fourth-order valence-corrected chi connectivity index (χ4v) is 11.0. The molecule has 13 heteroatoms. The standard InChI is InChI=1S/C63H121NO11S/c1-3-5-7-9-11-13-15-17-19-21-23-25-27-29-31-33-35-37-39-41-43-45-47-49-51-53-59(67)64-56(55-73-63-61(69)62(75-76(70,71)72)60(68)58(54-65)74-63)57(66)52-50-48-46-44-42-40-38-36-34-32-30-28-26-24-22-20-18-16-14-12-10-8-6-4-2/h29,31,50,52,56-58,60-63,65-66,68-69H,3-28,30,32-49,51,53-55H2,1-2H3,(H,64,67)(H,70,71,72)/b31-29-,52-50+. The highest BCUT2D eigenvalue weighted by molar-refractivity contribution is 7.80. The van der Waals surface area contributed by atoms with Crippen molar-refractivity contribution in [2.24, 2.45) is 0 Å². The number of aliphatic hydroxyl groups excluding tert-OH is 4. The number of amides is 1. The zero-order chi connectivity index (χ0) is 55.4. The molecule has 12 nitrogen and oxygen atoms in total. The van der Waals surface area contributed by atoms with Crippen LogP contribution in [0.1, 0.15) is 316 Å². The summed E-state index contributed by atoms with van der Waals surface area (Å²) in [4.78, 5) is 13.2. The summed E-state index contributed by atoms with van der Waals surface area (Å²) in [5.41, 5.74) is 0. The average molecular weight is 1100 g/mol. The fraction of sp³-hybridized carbons (Fsp3) is 0.921. The zero-order valence-corrected chi connectivity index (χ0v) is 49.9. The Balaban J connectivity index is 2.32. The van der Waals surface area contributed by atoms with E-state index in [1.807, 2.05) is 6.08 Å². The summed E-state index contributed by atoms with van der Waals surface area (Å²) in [6.45, 7) is 3.45.